The summed E-state index contributed by atoms with van der Waals surface area (Å²) < 4.78 is 0. The van der Waals surface area contributed by atoms with Crippen LogP contribution >= 0.6 is 12.6 Å². The average Bonchev–Trinajstić information content (AvgIpc) is 2.18. The molecule has 0 amide bonds. The summed E-state index contributed by atoms with van der Waals surface area (Å²) in [5.74, 6) is 2.73. The Kier molecular flexibility index (Phi) is 5.18. The highest BCUT2D eigenvalue weighted by atomic mass is 32.1. The number of nitrogens with zero attached hydrogens (tertiary/aromatic N) is 1. The van der Waals surface area contributed by atoms with Gasteiger partial charge in [-0.3, -0.25) is 0 Å². The first-order valence-corrected chi connectivity index (χ1v) is 6.22. The molecule has 0 aliphatic carbocycles. The lowest BCUT2D eigenvalue weighted by molar-refractivity contribution is 0.157. The van der Waals surface area contributed by atoms with Crippen LogP contribution in [-0.4, -0.2) is 30.3 Å². The number of thiol groups is 1. The topological polar surface area (TPSA) is 3.24 Å². The maximum atomic E-state index is 4.33. The van der Waals surface area contributed by atoms with Crippen molar-refractivity contribution in [2.75, 3.05) is 25.4 Å². The highest BCUT2D eigenvalue weighted by Crippen LogP contribution is 2.19. The summed E-state index contributed by atoms with van der Waals surface area (Å²) in [5.41, 5.74) is 0. The summed E-state index contributed by atoms with van der Waals surface area (Å²) in [5, 5.41) is 0. The molecule has 1 rings (SSSR count). The third kappa shape index (κ3) is 3.90. The molecule has 0 aromatic rings. The van der Waals surface area contributed by atoms with Crippen LogP contribution < -0.4 is 0 Å². The van der Waals surface area contributed by atoms with Crippen molar-refractivity contribution in [3.05, 3.63) is 0 Å². The Morgan fingerprint density at radius 1 is 1.54 bits per heavy atom. The van der Waals surface area contributed by atoms with Crippen molar-refractivity contribution in [3.8, 4) is 0 Å². The van der Waals surface area contributed by atoms with Crippen molar-refractivity contribution in [2.45, 2.75) is 33.1 Å². The number of hydrogen-bond acceptors (Lipinski definition) is 2. The molecule has 78 valence electrons. The molecule has 0 aromatic heterocycles. The van der Waals surface area contributed by atoms with Crippen LogP contribution in [0.4, 0.5) is 0 Å². The minimum absolute atomic E-state index is 0.749. The van der Waals surface area contributed by atoms with Gasteiger partial charge in [0.05, 0.1) is 0 Å². The molecule has 0 aromatic carbocycles. The minimum atomic E-state index is 0.749. The van der Waals surface area contributed by atoms with Crippen LogP contribution in [0.2, 0.25) is 0 Å². The largest absolute Gasteiger partial charge is 0.303 e. The lowest BCUT2D eigenvalue weighted by atomic mass is 9.95. The molecule has 2 heteroatoms. The van der Waals surface area contributed by atoms with Gasteiger partial charge in [0.2, 0.25) is 0 Å². The van der Waals surface area contributed by atoms with Crippen LogP contribution in [0.25, 0.3) is 0 Å². The average molecular weight is 201 g/mol. The van der Waals surface area contributed by atoms with Crippen molar-refractivity contribution < 1.29 is 0 Å². The zero-order valence-corrected chi connectivity index (χ0v) is 9.89. The van der Waals surface area contributed by atoms with Gasteiger partial charge in [-0.25, -0.2) is 0 Å². The first-order valence-electron chi connectivity index (χ1n) is 5.59. The van der Waals surface area contributed by atoms with Crippen molar-refractivity contribution in [2.24, 2.45) is 11.8 Å². The van der Waals surface area contributed by atoms with Crippen LogP contribution in [-0.2, 0) is 0 Å². The number of rotatable bonds is 4. The Hall–Kier alpha value is 0.310. The molecule has 0 saturated carbocycles. The fourth-order valence-corrected chi connectivity index (χ4v) is 2.26. The highest BCUT2D eigenvalue weighted by Gasteiger charge is 2.19. The van der Waals surface area contributed by atoms with Gasteiger partial charge >= 0.3 is 0 Å². The van der Waals surface area contributed by atoms with Crippen LogP contribution in [0.15, 0.2) is 0 Å². The van der Waals surface area contributed by atoms with Gasteiger partial charge in [0, 0.05) is 13.1 Å². The van der Waals surface area contributed by atoms with E-state index in [0.29, 0.717) is 0 Å². The van der Waals surface area contributed by atoms with Gasteiger partial charge in [0.15, 0.2) is 0 Å². The van der Waals surface area contributed by atoms with Gasteiger partial charge in [0.1, 0.15) is 0 Å². The Morgan fingerprint density at radius 3 is 2.92 bits per heavy atom. The van der Waals surface area contributed by atoms with E-state index in [4.69, 9.17) is 0 Å². The van der Waals surface area contributed by atoms with Gasteiger partial charge in [-0.1, -0.05) is 20.3 Å². The normalized spacial score (nSPS) is 27.5. The Morgan fingerprint density at radius 2 is 2.31 bits per heavy atom. The predicted molar refractivity (Wildman–Crippen MR) is 62.5 cm³/mol. The molecule has 0 radical (unpaired) electrons. The van der Waals surface area contributed by atoms with E-state index >= 15 is 0 Å². The Labute approximate surface area is 88.3 Å². The molecule has 13 heavy (non-hydrogen) atoms. The van der Waals surface area contributed by atoms with Crippen LogP contribution in [0.5, 0.6) is 0 Å². The van der Waals surface area contributed by atoms with Gasteiger partial charge in [-0.2, -0.15) is 12.6 Å². The van der Waals surface area contributed by atoms with E-state index in [2.05, 4.69) is 31.4 Å². The molecular formula is C11H23NS. The fraction of sp³-hybridized carbons (Fsp3) is 1.00. The first kappa shape index (κ1) is 11.4. The number of likely N-dealkylation sites (tertiary alicyclic amines) is 1. The lowest BCUT2D eigenvalue weighted by Crippen LogP contribution is -2.38. The summed E-state index contributed by atoms with van der Waals surface area (Å²) in [6.45, 7) is 8.50. The third-order valence-corrected chi connectivity index (χ3v) is 3.69. The molecule has 0 bridgehead atoms. The fourth-order valence-electron chi connectivity index (χ4n) is 2.15. The molecule has 2 atom stereocenters. The van der Waals surface area contributed by atoms with E-state index in [1.807, 2.05) is 0 Å². The Balaban J connectivity index is 2.25. The Bertz CT molecular complexity index is 136. The molecular weight excluding hydrogens is 178 g/mol. The maximum absolute atomic E-state index is 4.33. The summed E-state index contributed by atoms with van der Waals surface area (Å²) in [4.78, 5) is 2.62. The molecule has 1 saturated heterocycles. The second-order valence-electron chi connectivity index (χ2n) is 4.46. The van der Waals surface area contributed by atoms with Gasteiger partial charge < -0.3 is 4.90 Å². The SMILES string of the molecule is CCC1CCCN(CC(C)CS)C1. The lowest BCUT2D eigenvalue weighted by Gasteiger charge is -2.33. The highest BCUT2D eigenvalue weighted by molar-refractivity contribution is 7.80. The van der Waals surface area contributed by atoms with Gasteiger partial charge in [-0.15, -0.1) is 0 Å². The van der Waals surface area contributed by atoms with Crippen molar-refractivity contribution in [1.29, 1.82) is 0 Å². The number of hydrogen-bond donors (Lipinski definition) is 1. The quantitative estimate of drug-likeness (QED) is 0.684. The van der Waals surface area contributed by atoms with E-state index in [1.54, 1.807) is 0 Å². The van der Waals surface area contributed by atoms with E-state index < -0.39 is 0 Å². The third-order valence-electron chi connectivity index (χ3n) is 3.06. The molecule has 0 N–H and O–H groups in total. The molecule has 1 aliphatic heterocycles. The predicted octanol–water partition coefficient (Wildman–Crippen LogP) is 2.67. The van der Waals surface area contributed by atoms with Crippen LogP contribution in [0.1, 0.15) is 33.1 Å². The summed E-state index contributed by atoms with van der Waals surface area (Å²) >= 11 is 4.33. The van der Waals surface area contributed by atoms with Crippen molar-refractivity contribution in [1.82, 2.24) is 4.90 Å². The summed E-state index contributed by atoms with van der Waals surface area (Å²) in [7, 11) is 0. The van der Waals surface area contributed by atoms with E-state index in [0.717, 1.165) is 17.6 Å². The van der Waals surface area contributed by atoms with Crippen molar-refractivity contribution in [3.63, 3.8) is 0 Å². The van der Waals surface area contributed by atoms with Gasteiger partial charge in [0.25, 0.3) is 0 Å². The standard InChI is InChI=1S/C11H23NS/c1-3-11-5-4-6-12(8-11)7-10(2)9-13/h10-11,13H,3-9H2,1-2H3. The second kappa shape index (κ2) is 5.92. The number of piperidine rings is 1. The smallest absolute Gasteiger partial charge is 0.00149 e. The first-order chi connectivity index (χ1) is 6.26. The molecule has 1 nitrogen and oxygen atoms in total. The summed E-state index contributed by atoms with van der Waals surface area (Å²) in [6, 6.07) is 0. The van der Waals surface area contributed by atoms with Gasteiger partial charge in [-0.05, 0) is 37.0 Å². The summed E-state index contributed by atoms with van der Waals surface area (Å²) in [6.07, 6.45) is 4.20. The molecule has 0 spiro atoms. The minimum Gasteiger partial charge on any atom is -0.303 e. The maximum Gasteiger partial charge on any atom is 0.00149 e. The monoisotopic (exact) mass is 201 g/mol. The van der Waals surface area contributed by atoms with E-state index in [9.17, 15) is 0 Å². The van der Waals surface area contributed by atoms with E-state index in [-0.39, 0.29) is 0 Å². The molecule has 1 fully saturated rings. The zero-order chi connectivity index (χ0) is 9.68. The second-order valence-corrected chi connectivity index (χ2v) is 4.83. The molecule has 1 aliphatic rings. The molecule has 1 heterocycles. The van der Waals surface area contributed by atoms with Crippen molar-refractivity contribution >= 4 is 12.6 Å². The zero-order valence-electron chi connectivity index (χ0n) is 9.00. The molecule has 2 unspecified atom stereocenters. The van der Waals surface area contributed by atoms with Crippen LogP contribution in [0, 0.1) is 11.8 Å². The van der Waals surface area contributed by atoms with E-state index in [1.165, 1.54) is 38.9 Å². The van der Waals surface area contributed by atoms with Crippen LogP contribution in [0.3, 0.4) is 0 Å².